The maximum Gasteiger partial charge on any atom is 0.156 e. The number of aromatic amines is 1. The Kier molecular flexibility index (Phi) is 10.3. The zero-order valence-electron chi connectivity index (χ0n) is 16.5. The van der Waals surface area contributed by atoms with Crippen molar-refractivity contribution < 1.29 is 4.79 Å². The lowest BCUT2D eigenvalue weighted by Gasteiger charge is -2.20. The average molecular weight is 371 g/mol. The Morgan fingerprint density at radius 3 is 2.41 bits per heavy atom. The monoisotopic (exact) mass is 370 g/mol. The van der Waals surface area contributed by atoms with Gasteiger partial charge in [-0.3, -0.25) is 0 Å². The molecule has 146 valence electrons. The standard InChI is InChI=1S/C11H9N5.C6H13N.C2H6.CH2O/c12-10-7(2-1-4-13-10)9-6-15-11-8(16-9)3-5-14-11;1-7-5-3-2-4-6-7;2*1-2/h1-6H,(H2,12,13)(H,14,15);2-6H2,1H3;1-2H3;1H2. The smallest absolute Gasteiger partial charge is 0.156 e. The number of hydrogen-bond donors (Lipinski definition) is 2. The van der Waals surface area contributed by atoms with E-state index in [2.05, 4.69) is 31.9 Å². The number of rotatable bonds is 1. The van der Waals surface area contributed by atoms with Crippen molar-refractivity contribution in [2.45, 2.75) is 33.1 Å². The van der Waals surface area contributed by atoms with E-state index in [9.17, 15) is 0 Å². The second-order valence-corrected chi connectivity index (χ2v) is 5.77. The minimum Gasteiger partial charge on any atom is -0.383 e. The first-order chi connectivity index (χ1) is 13.2. The fraction of sp³-hybridized carbons (Fsp3) is 0.400. The normalized spacial score (nSPS) is 13.3. The van der Waals surface area contributed by atoms with E-state index in [1.165, 1.54) is 32.4 Å². The highest BCUT2D eigenvalue weighted by Crippen LogP contribution is 2.22. The van der Waals surface area contributed by atoms with Gasteiger partial charge >= 0.3 is 0 Å². The van der Waals surface area contributed by atoms with Gasteiger partial charge in [-0.05, 0) is 51.2 Å². The minimum atomic E-state index is 0.465. The van der Waals surface area contributed by atoms with Crippen LogP contribution in [0.4, 0.5) is 5.82 Å². The zero-order chi connectivity index (χ0) is 20.1. The van der Waals surface area contributed by atoms with Gasteiger partial charge in [0.25, 0.3) is 0 Å². The molecule has 3 aromatic rings. The molecule has 7 nitrogen and oxygen atoms in total. The summed E-state index contributed by atoms with van der Waals surface area (Å²) in [5.74, 6) is 0.465. The van der Waals surface area contributed by atoms with Crippen molar-refractivity contribution >= 4 is 23.8 Å². The van der Waals surface area contributed by atoms with Gasteiger partial charge in [0.2, 0.25) is 0 Å². The van der Waals surface area contributed by atoms with Gasteiger partial charge in [-0.25, -0.2) is 15.0 Å². The Bertz CT molecular complexity index is 783. The van der Waals surface area contributed by atoms with Gasteiger partial charge in [0.15, 0.2) is 5.65 Å². The van der Waals surface area contributed by atoms with Crippen molar-refractivity contribution in [1.82, 2.24) is 24.8 Å². The molecule has 3 aromatic heterocycles. The first kappa shape index (κ1) is 22.2. The molecule has 0 saturated carbocycles. The molecule has 0 aromatic carbocycles. The van der Waals surface area contributed by atoms with E-state index in [0.717, 1.165) is 22.4 Å². The number of anilines is 1. The average Bonchev–Trinajstić information content (AvgIpc) is 3.20. The summed E-state index contributed by atoms with van der Waals surface area (Å²) in [5.41, 5.74) is 8.91. The van der Waals surface area contributed by atoms with Crippen molar-refractivity contribution in [3.63, 3.8) is 0 Å². The summed E-state index contributed by atoms with van der Waals surface area (Å²) in [6.07, 6.45) is 9.42. The van der Waals surface area contributed by atoms with Crippen molar-refractivity contribution in [2.24, 2.45) is 0 Å². The number of nitrogen functional groups attached to an aromatic ring is 1. The Balaban J connectivity index is 0.000000279. The van der Waals surface area contributed by atoms with Gasteiger partial charge in [0, 0.05) is 18.0 Å². The van der Waals surface area contributed by atoms with Gasteiger partial charge in [0.1, 0.15) is 18.1 Å². The largest absolute Gasteiger partial charge is 0.383 e. The maximum absolute atomic E-state index is 8.00. The number of hydrogen-bond acceptors (Lipinski definition) is 6. The summed E-state index contributed by atoms with van der Waals surface area (Å²) in [7, 11) is 2.19. The van der Waals surface area contributed by atoms with Crippen LogP contribution in [0, 0.1) is 0 Å². The van der Waals surface area contributed by atoms with Crippen LogP contribution in [0.25, 0.3) is 22.4 Å². The number of pyridine rings is 1. The minimum absolute atomic E-state index is 0.465. The third-order valence-corrected chi connectivity index (χ3v) is 3.95. The van der Waals surface area contributed by atoms with Crippen LogP contribution in [0.2, 0.25) is 0 Å². The summed E-state index contributed by atoms with van der Waals surface area (Å²) in [5, 5.41) is 0. The number of likely N-dealkylation sites (tertiary alicyclic amines) is 1. The van der Waals surface area contributed by atoms with E-state index in [1.807, 2.05) is 38.8 Å². The second-order valence-electron chi connectivity index (χ2n) is 5.77. The fourth-order valence-electron chi connectivity index (χ4n) is 2.65. The predicted octanol–water partition coefficient (Wildman–Crippen LogP) is 3.55. The van der Waals surface area contributed by atoms with Gasteiger partial charge < -0.3 is 20.4 Å². The van der Waals surface area contributed by atoms with Crippen LogP contribution in [0.15, 0.2) is 36.8 Å². The first-order valence-electron chi connectivity index (χ1n) is 9.22. The summed E-state index contributed by atoms with van der Waals surface area (Å²) in [4.78, 5) is 26.1. The predicted molar refractivity (Wildman–Crippen MR) is 111 cm³/mol. The zero-order valence-corrected chi connectivity index (χ0v) is 16.5. The van der Waals surface area contributed by atoms with E-state index < -0.39 is 0 Å². The van der Waals surface area contributed by atoms with Gasteiger partial charge in [-0.15, -0.1) is 0 Å². The summed E-state index contributed by atoms with van der Waals surface area (Å²) < 4.78 is 0. The lowest BCUT2D eigenvalue weighted by atomic mass is 10.1. The number of piperidine rings is 1. The van der Waals surface area contributed by atoms with Gasteiger partial charge in [-0.1, -0.05) is 20.3 Å². The Hall–Kier alpha value is -2.80. The van der Waals surface area contributed by atoms with Crippen LogP contribution in [0.3, 0.4) is 0 Å². The van der Waals surface area contributed by atoms with E-state index in [1.54, 1.807) is 18.6 Å². The molecule has 1 aliphatic heterocycles. The van der Waals surface area contributed by atoms with Crippen molar-refractivity contribution in [3.05, 3.63) is 36.8 Å². The molecule has 1 saturated heterocycles. The summed E-state index contributed by atoms with van der Waals surface area (Å²) in [6.45, 7) is 8.64. The van der Waals surface area contributed by atoms with Crippen LogP contribution >= 0.6 is 0 Å². The topological polar surface area (TPSA) is 101 Å². The highest BCUT2D eigenvalue weighted by molar-refractivity contribution is 5.77. The molecule has 7 heteroatoms. The highest BCUT2D eigenvalue weighted by Gasteiger charge is 2.06. The number of nitrogens with one attached hydrogen (secondary N) is 1. The van der Waals surface area contributed by atoms with Crippen LogP contribution < -0.4 is 5.73 Å². The number of aromatic nitrogens is 4. The number of nitrogens with two attached hydrogens (primary N) is 1. The molecule has 0 amide bonds. The molecule has 0 aliphatic carbocycles. The molecule has 27 heavy (non-hydrogen) atoms. The first-order valence-corrected chi connectivity index (χ1v) is 9.22. The molecule has 4 rings (SSSR count). The highest BCUT2D eigenvalue weighted by atomic mass is 16.1. The van der Waals surface area contributed by atoms with Gasteiger partial charge in [-0.2, -0.15) is 0 Å². The number of H-pyrrole nitrogens is 1. The Morgan fingerprint density at radius 2 is 1.81 bits per heavy atom. The Morgan fingerprint density at radius 1 is 1.11 bits per heavy atom. The van der Waals surface area contributed by atoms with Crippen LogP contribution in [-0.4, -0.2) is 51.8 Å². The molecular formula is C20H30N6O. The molecule has 3 N–H and O–H groups in total. The van der Waals surface area contributed by atoms with Crippen LogP contribution in [-0.2, 0) is 4.79 Å². The third-order valence-electron chi connectivity index (χ3n) is 3.95. The fourth-order valence-corrected chi connectivity index (χ4v) is 2.65. The molecule has 1 fully saturated rings. The van der Waals surface area contributed by atoms with E-state index in [0.29, 0.717) is 5.82 Å². The molecule has 0 unspecified atom stereocenters. The van der Waals surface area contributed by atoms with Crippen LogP contribution in [0.1, 0.15) is 33.1 Å². The molecule has 1 aliphatic rings. The number of carbonyl (C=O) groups excluding carboxylic acids is 1. The quantitative estimate of drug-likeness (QED) is 0.679. The lowest BCUT2D eigenvalue weighted by Crippen LogP contribution is -2.24. The Labute approximate surface area is 161 Å². The van der Waals surface area contributed by atoms with E-state index in [-0.39, 0.29) is 0 Å². The summed E-state index contributed by atoms with van der Waals surface area (Å²) in [6, 6.07) is 5.58. The molecule has 0 radical (unpaired) electrons. The van der Waals surface area contributed by atoms with Crippen molar-refractivity contribution in [2.75, 3.05) is 25.9 Å². The van der Waals surface area contributed by atoms with Crippen molar-refractivity contribution in [1.29, 1.82) is 0 Å². The number of nitrogens with zero attached hydrogens (tertiary/aromatic N) is 4. The van der Waals surface area contributed by atoms with E-state index >= 15 is 0 Å². The SMILES string of the molecule is C=O.CC.CN1CCCCC1.Nc1ncccc1-c1cnc2[nH]ccc2n1. The molecular weight excluding hydrogens is 340 g/mol. The van der Waals surface area contributed by atoms with Crippen LogP contribution in [0.5, 0.6) is 0 Å². The molecule has 0 atom stereocenters. The lowest BCUT2D eigenvalue weighted by molar-refractivity contribution is -0.0979. The molecule has 0 bridgehead atoms. The number of fused-ring (bicyclic) bond motifs is 1. The maximum atomic E-state index is 8.00. The second kappa shape index (κ2) is 12.5. The third kappa shape index (κ3) is 6.79. The summed E-state index contributed by atoms with van der Waals surface area (Å²) >= 11 is 0. The van der Waals surface area contributed by atoms with E-state index in [4.69, 9.17) is 10.5 Å². The number of carbonyl (C=O) groups is 1. The van der Waals surface area contributed by atoms with Gasteiger partial charge in [0.05, 0.1) is 11.9 Å². The van der Waals surface area contributed by atoms with Crippen molar-refractivity contribution in [3.8, 4) is 11.3 Å². The molecule has 4 heterocycles. The molecule has 0 spiro atoms.